The first-order valence-corrected chi connectivity index (χ1v) is 11.7. The molecule has 8 heteroatoms. The molecule has 0 saturated carbocycles. The van der Waals surface area contributed by atoms with Crippen molar-refractivity contribution in [1.29, 1.82) is 0 Å². The Kier molecular flexibility index (Phi) is 5.88. The lowest BCUT2D eigenvalue weighted by atomic mass is 10.0. The van der Waals surface area contributed by atoms with Crippen LogP contribution in [0.1, 0.15) is 10.4 Å². The maximum absolute atomic E-state index is 12.1. The van der Waals surface area contributed by atoms with Gasteiger partial charge in [0.2, 0.25) is 0 Å². The number of aromatic hydroxyl groups is 1. The van der Waals surface area contributed by atoms with E-state index in [2.05, 4.69) is 10.2 Å². The molecule has 5 rings (SSSR count). The van der Waals surface area contributed by atoms with Crippen molar-refractivity contribution in [2.75, 3.05) is 26.1 Å². The highest BCUT2D eigenvalue weighted by atomic mass is 32.1. The molecule has 0 radical (unpaired) electrons. The maximum Gasteiger partial charge on any atom is 0.337 e. The highest BCUT2D eigenvalue weighted by Gasteiger charge is 2.19. The lowest BCUT2D eigenvalue weighted by molar-refractivity contribution is 0.0601. The van der Waals surface area contributed by atoms with Crippen LogP contribution in [-0.2, 0) is 4.74 Å². The normalized spacial score (nSPS) is 11.4. The summed E-state index contributed by atoms with van der Waals surface area (Å²) in [6.45, 7) is 0. The Morgan fingerprint density at radius 2 is 1.77 bits per heavy atom. The number of para-hydroxylation sites is 1. The molecule has 1 N–H and O–H groups in total. The molecule has 0 unspecified atom stereocenters. The van der Waals surface area contributed by atoms with Gasteiger partial charge in [0.05, 0.1) is 34.1 Å². The molecule has 174 valence electrons. The number of rotatable bonds is 5. The fourth-order valence-electron chi connectivity index (χ4n) is 3.80. The van der Waals surface area contributed by atoms with Crippen molar-refractivity contribution in [2.45, 2.75) is 0 Å². The maximum atomic E-state index is 12.1. The summed E-state index contributed by atoms with van der Waals surface area (Å²) in [5, 5.41) is 22.1. The summed E-state index contributed by atoms with van der Waals surface area (Å²) in [5.41, 5.74) is 3.79. The van der Waals surface area contributed by atoms with E-state index in [0.29, 0.717) is 32.9 Å². The number of aromatic nitrogens is 1. The van der Waals surface area contributed by atoms with Gasteiger partial charge in [-0.05, 0) is 60.0 Å². The van der Waals surface area contributed by atoms with Crippen LogP contribution in [0.5, 0.6) is 5.75 Å². The minimum Gasteiger partial charge on any atom is -0.505 e. The van der Waals surface area contributed by atoms with Crippen LogP contribution in [0.2, 0.25) is 0 Å². The van der Waals surface area contributed by atoms with Gasteiger partial charge in [0, 0.05) is 25.2 Å². The molecule has 7 nitrogen and oxygen atoms in total. The molecular formula is C27H22N4O3S. The summed E-state index contributed by atoms with van der Waals surface area (Å²) in [4.78, 5) is 18.8. The summed E-state index contributed by atoms with van der Waals surface area (Å²) >= 11 is 1.48. The van der Waals surface area contributed by atoms with Crippen LogP contribution >= 0.6 is 11.3 Å². The quantitative estimate of drug-likeness (QED) is 0.213. The van der Waals surface area contributed by atoms with Crippen molar-refractivity contribution in [2.24, 2.45) is 10.2 Å². The van der Waals surface area contributed by atoms with Gasteiger partial charge in [-0.3, -0.25) is 0 Å². The zero-order valence-electron chi connectivity index (χ0n) is 19.4. The molecule has 5 aromatic rings. The molecule has 0 aliphatic heterocycles. The molecule has 35 heavy (non-hydrogen) atoms. The Labute approximate surface area is 206 Å². The molecule has 0 spiro atoms. The van der Waals surface area contributed by atoms with E-state index in [9.17, 15) is 9.90 Å². The first kappa shape index (κ1) is 22.5. The monoisotopic (exact) mass is 482 g/mol. The van der Waals surface area contributed by atoms with E-state index in [-0.39, 0.29) is 5.75 Å². The average molecular weight is 483 g/mol. The number of azo groups is 1. The Hall–Kier alpha value is -4.30. The highest BCUT2D eigenvalue weighted by Crippen LogP contribution is 2.45. The Bertz CT molecular complexity index is 1560. The van der Waals surface area contributed by atoms with Gasteiger partial charge in [0.15, 0.2) is 5.75 Å². The molecule has 0 amide bonds. The van der Waals surface area contributed by atoms with Gasteiger partial charge >= 0.3 is 5.97 Å². The lowest BCUT2D eigenvalue weighted by Gasteiger charge is -2.12. The van der Waals surface area contributed by atoms with E-state index in [0.717, 1.165) is 21.3 Å². The topological polar surface area (TPSA) is 87.4 Å². The van der Waals surface area contributed by atoms with Crippen LogP contribution in [0.4, 0.5) is 17.1 Å². The van der Waals surface area contributed by atoms with Crippen LogP contribution in [0.25, 0.3) is 31.6 Å². The van der Waals surface area contributed by atoms with Crippen molar-refractivity contribution in [3.8, 4) is 16.3 Å². The summed E-state index contributed by atoms with van der Waals surface area (Å²) in [6.07, 6.45) is 0. The zero-order chi connectivity index (χ0) is 24.5. The smallest absolute Gasteiger partial charge is 0.337 e. The molecule has 0 bridgehead atoms. The zero-order valence-corrected chi connectivity index (χ0v) is 20.2. The number of hydrogen-bond acceptors (Lipinski definition) is 8. The number of fused-ring (bicyclic) bond motifs is 2. The second-order valence-electron chi connectivity index (χ2n) is 8.15. The van der Waals surface area contributed by atoms with Crippen LogP contribution in [0.3, 0.4) is 0 Å². The average Bonchev–Trinajstić information content (AvgIpc) is 3.31. The van der Waals surface area contributed by atoms with Gasteiger partial charge < -0.3 is 14.7 Å². The van der Waals surface area contributed by atoms with Gasteiger partial charge in [0.25, 0.3) is 0 Å². The van der Waals surface area contributed by atoms with Gasteiger partial charge in [-0.2, -0.15) is 5.11 Å². The first-order valence-electron chi connectivity index (χ1n) is 10.9. The number of phenols is 1. The SMILES string of the molecule is COC(=O)c1ccc2c(N=Nc3ccc(N(C)C)cc3)c(O)c(-c3nc4ccccc4s3)cc2c1. The Morgan fingerprint density at radius 3 is 2.49 bits per heavy atom. The summed E-state index contributed by atoms with van der Waals surface area (Å²) < 4.78 is 5.89. The third-order valence-corrected chi connectivity index (χ3v) is 6.73. The van der Waals surface area contributed by atoms with E-state index >= 15 is 0 Å². The molecule has 0 fully saturated rings. The van der Waals surface area contributed by atoms with Crippen LogP contribution in [0.15, 0.2) is 83.0 Å². The van der Waals surface area contributed by atoms with E-state index in [1.54, 1.807) is 18.2 Å². The number of carbonyl (C=O) groups is 1. The summed E-state index contributed by atoms with van der Waals surface area (Å²) in [7, 11) is 5.28. The van der Waals surface area contributed by atoms with Gasteiger partial charge in [-0.25, -0.2) is 9.78 Å². The summed E-state index contributed by atoms with van der Waals surface area (Å²) in [6, 6.07) is 22.4. The van der Waals surface area contributed by atoms with Crippen molar-refractivity contribution >= 4 is 55.4 Å². The molecule has 0 aliphatic carbocycles. The number of methoxy groups -OCH3 is 1. The third kappa shape index (κ3) is 4.31. The molecule has 0 saturated heterocycles. The fourth-order valence-corrected chi connectivity index (χ4v) is 4.78. The highest BCUT2D eigenvalue weighted by molar-refractivity contribution is 7.21. The van der Waals surface area contributed by atoms with Crippen LogP contribution < -0.4 is 4.90 Å². The number of esters is 1. The summed E-state index contributed by atoms with van der Waals surface area (Å²) in [5.74, 6) is -0.457. The Balaban J connectivity index is 1.68. The fraction of sp³-hybridized carbons (Fsp3) is 0.111. The van der Waals surface area contributed by atoms with E-state index in [1.165, 1.54) is 18.4 Å². The third-order valence-electron chi connectivity index (χ3n) is 5.66. The van der Waals surface area contributed by atoms with E-state index in [4.69, 9.17) is 9.72 Å². The van der Waals surface area contributed by atoms with Gasteiger partial charge in [-0.15, -0.1) is 16.5 Å². The number of anilines is 1. The number of ether oxygens (including phenoxy) is 1. The predicted octanol–water partition coefficient (Wildman–Crippen LogP) is 7.09. The second-order valence-corrected chi connectivity index (χ2v) is 9.18. The van der Waals surface area contributed by atoms with Gasteiger partial charge in [-0.1, -0.05) is 18.2 Å². The number of benzene rings is 4. The number of thiazole rings is 1. The van der Waals surface area contributed by atoms with Crippen LogP contribution in [-0.4, -0.2) is 37.3 Å². The second kappa shape index (κ2) is 9.15. The standard InChI is InChI=1S/C27H22N4O3S/c1-31(2)19-11-9-18(10-12-19)29-30-24-20-13-8-16(27(33)34-3)14-17(20)15-21(25(24)32)26-28-22-6-4-5-7-23(22)35-26/h4-15,32H,1-3H3. The molecule has 1 heterocycles. The number of nitrogens with zero attached hydrogens (tertiary/aromatic N) is 4. The molecule has 4 aromatic carbocycles. The number of phenolic OH excluding ortho intramolecular Hbond substituents is 1. The van der Waals surface area contributed by atoms with Crippen molar-refractivity contribution in [3.63, 3.8) is 0 Å². The molecular weight excluding hydrogens is 460 g/mol. The number of carbonyl (C=O) groups excluding carboxylic acids is 1. The van der Waals surface area contributed by atoms with E-state index in [1.807, 2.05) is 73.6 Å². The van der Waals surface area contributed by atoms with Crippen molar-refractivity contribution in [1.82, 2.24) is 4.98 Å². The lowest BCUT2D eigenvalue weighted by Crippen LogP contribution is -2.07. The predicted molar refractivity (Wildman–Crippen MR) is 141 cm³/mol. The van der Waals surface area contributed by atoms with Crippen LogP contribution in [0, 0.1) is 0 Å². The molecule has 0 atom stereocenters. The van der Waals surface area contributed by atoms with Crippen molar-refractivity contribution < 1.29 is 14.6 Å². The minimum atomic E-state index is -0.439. The largest absolute Gasteiger partial charge is 0.505 e. The first-order chi connectivity index (χ1) is 16.9. The minimum absolute atomic E-state index is 0.0176. The van der Waals surface area contributed by atoms with Crippen molar-refractivity contribution in [3.05, 3.63) is 78.4 Å². The molecule has 0 aliphatic rings. The van der Waals surface area contributed by atoms with Gasteiger partial charge in [0.1, 0.15) is 10.7 Å². The van der Waals surface area contributed by atoms with E-state index < -0.39 is 5.97 Å². The Morgan fingerprint density at radius 1 is 1.00 bits per heavy atom. The molecule has 1 aromatic heterocycles. The number of hydrogen-bond donors (Lipinski definition) is 1.